The zero-order valence-corrected chi connectivity index (χ0v) is 10.4. The van der Waals surface area contributed by atoms with Crippen LogP contribution < -0.4 is 11.1 Å². The Labute approximate surface area is 99.4 Å². The summed E-state index contributed by atoms with van der Waals surface area (Å²) in [4.78, 5) is 0. The van der Waals surface area contributed by atoms with Crippen molar-refractivity contribution in [3.63, 3.8) is 0 Å². The van der Waals surface area contributed by atoms with Crippen LogP contribution in [-0.2, 0) is 6.42 Å². The third kappa shape index (κ3) is 3.50. The van der Waals surface area contributed by atoms with E-state index in [1.54, 1.807) is 0 Å². The second-order valence-corrected chi connectivity index (χ2v) is 5.04. The molecular formula is C12H17BrN2. The first-order valence-electron chi connectivity index (χ1n) is 5.53. The molecule has 1 aliphatic carbocycles. The van der Waals surface area contributed by atoms with E-state index in [2.05, 4.69) is 27.3 Å². The van der Waals surface area contributed by atoms with Gasteiger partial charge in [-0.1, -0.05) is 15.9 Å². The Morgan fingerprint density at radius 3 is 2.93 bits per heavy atom. The summed E-state index contributed by atoms with van der Waals surface area (Å²) in [7, 11) is 0. The van der Waals surface area contributed by atoms with Crippen LogP contribution in [0.4, 0.5) is 5.69 Å². The lowest BCUT2D eigenvalue weighted by molar-refractivity contribution is 0.645. The summed E-state index contributed by atoms with van der Waals surface area (Å²) in [6.07, 6.45) is 4.99. The topological polar surface area (TPSA) is 38.0 Å². The van der Waals surface area contributed by atoms with Crippen LogP contribution in [-0.4, -0.2) is 12.6 Å². The molecule has 1 saturated carbocycles. The number of hydrogen-bond acceptors (Lipinski definition) is 2. The molecule has 0 amide bonds. The molecule has 0 aliphatic heterocycles. The Balaban J connectivity index is 1.78. The molecule has 0 saturated heterocycles. The van der Waals surface area contributed by atoms with Gasteiger partial charge in [0.1, 0.15) is 0 Å². The van der Waals surface area contributed by atoms with Crippen LogP contribution in [0.15, 0.2) is 22.7 Å². The molecule has 0 aromatic heterocycles. The van der Waals surface area contributed by atoms with Gasteiger partial charge in [-0.15, -0.1) is 0 Å². The molecule has 0 unspecified atom stereocenters. The lowest BCUT2D eigenvalue weighted by Crippen LogP contribution is -2.17. The fraction of sp³-hybridized carbons (Fsp3) is 0.500. The smallest absolute Gasteiger partial charge is 0.0317 e. The molecule has 82 valence electrons. The molecule has 0 bridgehead atoms. The van der Waals surface area contributed by atoms with Crippen LogP contribution in [0.25, 0.3) is 0 Å². The Hall–Kier alpha value is -0.540. The number of nitrogen functional groups attached to an aromatic ring is 1. The van der Waals surface area contributed by atoms with Crippen molar-refractivity contribution in [2.75, 3.05) is 12.3 Å². The van der Waals surface area contributed by atoms with Gasteiger partial charge in [0.25, 0.3) is 0 Å². The summed E-state index contributed by atoms with van der Waals surface area (Å²) in [6, 6.07) is 6.82. The second kappa shape index (κ2) is 4.99. The number of benzene rings is 1. The number of halogens is 1. The van der Waals surface area contributed by atoms with E-state index in [0.717, 1.165) is 24.7 Å². The Morgan fingerprint density at radius 2 is 2.20 bits per heavy atom. The maximum absolute atomic E-state index is 5.75. The van der Waals surface area contributed by atoms with E-state index < -0.39 is 0 Å². The van der Waals surface area contributed by atoms with Gasteiger partial charge in [0.15, 0.2) is 0 Å². The van der Waals surface area contributed by atoms with Gasteiger partial charge in [-0.2, -0.15) is 0 Å². The van der Waals surface area contributed by atoms with Crippen molar-refractivity contribution in [2.24, 2.45) is 0 Å². The lowest BCUT2D eigenvalue weighted by Gasteiger charge is -2.06. The second-order valence-electron chi connectivity index (χ2n) is 4.18. The van der Waals surface area contributed by atoms with Gasteiger partial charge in [-0.3, -0.25) is 0 Å². The zero-order valence-electron chi connectivity index (χ0n) is 8.80. The molecular weight excluding hydrogens is 252 g/mol. The van der Waals surface area contributed by atoms with Gasteiger partial charge in [-0.05, 0) is 56.0 Å². The Kier molecular flexibility index (Phi) is 3.65. The number of nitrogens with one attached hydrogen (secondary N) is 1. The summed E-state index contributed by atoms with van der Waals surface area (Å²) in [6.45, 7) is 1.12. The first kappa shape index (κ1) is 11.0. The molecule has 2 rings (SSSR count). The molecule has 0 radical (unpaired) electrons. The van der Waals surface area contributed by atoms with Gasteiger partial charge in [-0.25, -0.2) is 0 Å². The molecule has 0 spiro atoms. The summed E-state index contributed by atoms with van der Waals surface area (Å²) in [5, 5.41) is 3.51. The van der Waals surface area contributed by atoms with Crippen molar-refractivity contribution in [2.45, 2.75) is 31.7 Å². The van der Waals surface area contributed by atoms with Crippen molar-refractivity contribution >= 4 is 21.6 Å². The summed E-state index contributed by atoms with van der Waals surface area (Å²) >= 11 is 3.55. The predicted molar refractivity (Wildman–Crippen MR) is 67.9 cm³/mol. The fourth-order valence-electron chi connectivity index (χ4n) is 1.66. The molecule has 2 nitrogen and oxygen atoms in total. The molecule has 3 N–H and O–H groups in total. The van der Waals surface area contributed by atoms with E-state index in [-0.39, 0.29) is 0 Å². The van der Waals surface area contributed by atoms with Gasteiger partial charge >= 0.3 is 0 Å². The van der Waals surface area contributed by atoms with Crippen LogP contribution in [0.2, 0.25) is 0 Å². The number of nitrogens with two attached hydrogens (primary N) is 1. The Morgan fingerprint density at radius 1 is 1.40 bits per heavy atom. The number of anilines is 1. The normalized spacial score (nSPS) is 15.5. The van der Waals surface area contributed by atoms with Crippen molar-refractivity contribution in [3.8, 4) is 0 Å². The molecule has 3 heteroatoms. The Bertz CT molecular complexity index is 334. The van der Waals surface area contributed by atoms with Crippen molar-refractivity contribution in [1.82, 2.24) is 5.32 Å². The number of aryl methyl sites for hydroxylation is 1. The maximum Gasteiger partial charge on any atom is 0.0317 e. The van der Waals surface area contributed by atoms with E-state index in [1.807, 2.05) is 12.1 Å². The highest BCUT2D eigenvalue weighted by molar-refractivity contribution is 9.10. The molecule has 0 heterocycles. The van der Waals surface area contributed by atoms with Gasteiger partial charge in [0, 0.05) is 16.2 Å². The largest absolute Gasteiger partial charge is 0.399 e. The SMILES string of the molecule is Nc1ccc(Br)c(CCCNC2CC2)c1. The third-order valence-corrected chi connectivity index (χ3v) is 3.48. The maximum atomic E-state index is 5.75. The number of hydrogen-bond donors (Lipinski definition) is 2. The predicted octanol–water partition coefficient (Wildman–Crippen LogP) is 2.72. The minimum atomic E-state index is 0.814. The van der Waals surface area contributed by atoms with Crippen LogP contribution >= 0.6 is 15.9 Å². The summed E-state index contributed by atoms with van der Waals surface area (Å²) in [5.74, 6) is 0. The molecule has 15 heavy (non-hydrogen) atoms. The minimum Gasteiger partial charge on any atom is -0.399 e. The quantitative estimate of drug-likeness (QED) is 0.637. The molecule has 1 fully saturated rings. The highest BCUT2D eigenvalue weighted by atomic mass is 79.9. The van der Waals surface area contributed by atoms with E-state index in [0.29, 0.717) is 0 Å². The molecule has 1 aromatic carbocycles. The van der Waals surface area contributed by atoms with Gasteiger partial charge in [0.2, 0.25) is 0 Å². The molecule has 1 aromatic rings. The zero-order chi connectivity index (χ0) is 10.7. The van der Waals surface area contributed by atoms with E-state index >= 15 is 0 Å². The molecule has 0 atom stereocenters. The minimum absolute atomic E-state index is 0.814. The van der Waals surface area contributed by atoms with Gasteiger partial charge < -0.3 is 11.1 Å². The molecule has 1 aliphatic rings. The van der Waals surface area contributed by atoms with Crippen molar-refractivity contribution < 1.29 is 0 Å². The van der Waals surface area contributed by atoms with E-state index in [1.165, 1.54) is 29.3 Å². The van der Waals surface area contributed by atoms with Crippen molar-refractivity contribution in [1.29, 1.82) is 0 Å². The first-order valence-corrected chi connectivity index (χ1v) is 6.32. The fourth-order valence-corrected chi connectivity index (χ4v) is 2.10. The summed E-state index contributed by atoms with van der Waals surface area (Å²) < 4.78 is 1.17. The third-order valence-electron chi connectivity index (χ3n) is 2.70. The van der Waals surface area contributed by atoms with Crippen LogP contribution in [0.1, 0.15) is 24.8 Å². The van der Waals surface area contributed by atoms with E-state index in [9.17, 15) is 0 Å². The monoisotopic (exact) mass is 268 g/mol. The van der Waals surface area contributed by atoms with Crippen LogP contribution in [0.5, 0.6) is 0 Å². The highest BCUT2D eigenvalue weighted by Crippen LogP contribution is 2.21. The average molecular weight is 269 g/mol. The van der Waals surface area contributed by atoms with Crippen LogP contribution in [0.3, 0.4) is 0 Å². The summed E-state index contributed by atoms with van der Waals surface area (Å²) in [5.41, 5.74) is 7.92. The standard InChI is InChI=1S/C12H17BrN2/c13-12-6-3-10(14)8-9(12)2-1-7-15-11-4-5-11/h3,6,8,11,15H,1-2,4-5,7,14H2. The van der Waals surface area contributed by atoms with Gasteiger partial charge in [0.05, 0.1) is 0 Å². The average Bonchev–Trinajstić information content (AvgIpc) is 3.01. The van der Waals surface area contributed by atoms with Crippen LogP contribution in [0, 0.1) is 0 Å². The first-order chi connectivity index (χ1) is 7.25. The lowest BCUT2D eigenvalue weighted by atomic mass is 10.1. The number of rotatable bonds is 5. The highest BCUT2D eigenvalue weighted by Gasteiger charge is 2.19. The van der Waals surface area contributed by atoms with Crippen molar-refractivity contribution in [3.05, 3.63) is 28.2 Å². The van der Waals surface area contributed by atoms with E-state index in [4.69, 9.17) is 5.73 Å².